The van der Waals surface area contributed by atoms with Crippen LogP contribution in [0.5, 0.6) is 11.5 Å². The quantitative estimate of drug-likeness (QED) is 0.183. The molecule has 0 aliphatic rings. The van der Waals surface area contributed by atoms with Crippen molar-refractivity contribution in [2.75, 3.05) is 23.8 Å². The molecule has 7 nitrogen and oxygen atoms in total. The van der Waals surface area contributed by atoms with Crippen LogP contribution in [0.15, 0.2) is 66.2 Å². The SMILES string of the molecule is CCOc1cc(/C=C(\C#N)C(=O)Nc2ccc(C)cc2)cc(I)c1OCC(=O)Nc1cccc(C)c1. The number of hydrogen-bond acceptors (Lipinski definition) is 5. The fraction of sp³-hybridized carbons (Fsp3) is 0.179. The average molecular weight is 595 g/mol. The summed E-state index contributed by atoms with van der Waals surface area (Å²) < 4.78 is 12.2. The van der Waals surface area contributed by atoms with Crippen LogP contribution in [0.2, 0.25) is 0 Å². The van der Waals surface area contributed by atoms with Crippen LogP contribution in [0, 0.1) is 28.7 Å². The Balaban J connectivity index is 1.76. The van der Waals surface area contributed by atoms with E-state index in [2.05, 4.69) is 33.2 Å². The van der Waals surface area contributed by atoms with Gasteiger partial charge in [-0.15, -0.1) is 0 Å². The molecule has 0 bridgehead atoms. The van der Waals surface area contributed by atoms with Crippen molar-refractivity contribution in [2.45, 2.75) is 20.8 Å². The van der Waals surface area contributed by atoms with Crippen LogP contribution in [0.1, 0.15) is 23.6 Å². The van der Waals surface area contributed by atoms with E-state index >= 15 is 0 Å². The first-order chi connectivity index (χ1) is 17.3. The van der Waals surface area contributed by atoms with Gasteiger partial charge in [0, 0.05) is 11.4 Å². The fourth-order valence-electron chi connectivity index (χ4n) is 3.28. The molecule has 184 valence electrons. The van der Waals surface area contributed by atoms with E-state index < -0.39 is 5.91 Å². The lowest BCUT2D eigenvalue weighted by Gasteiger charge is -2.15. The Morgan fingerprint density at radius 2 is 1.72 bits per heavy atom. The third kappa shape index (κ3) is 7.58. The summed E-state index contributed by atoms with van der Waals surface area (Å²) in [5.41, 5.74) is 3.93. The van der Waals surface area contributed by atoms with E-state index in [0.29, 0.717) is 38.6 Å². The Morgan fingerprint density at radius 1 is 0.972 bits per heavy atom. The zero-order chi connectivity index (χ0) is 26.1. The van der Waals surface area contributed by atoms with Gasteiger partial charge >= 0.3 is 0 Å². The number of ether oxygens (including phenoxy) is 2. The van der Waals surface area contributed by atoms with Crippen molar-refractivity contribution in [3.8, 4) is 17.6 Å². The van der Waals surface area contributed by atoms with Crippen LogP contribution in [0.4, 0.5) is 11.4 Å². The van der Waals surface area contributed by atoms with Crippen molar-refractivity contribution in [1.29, 1.82) is 5.26 Å². The van der Waals surface area contributed by atoms with Crippen molar-refractivity contribution < 1.29 is 19.1 Å². The fourth-order valence-corrected chi connectivity index (χ4v) is 4.06. The van der Waals surface area contributed by atoms with Gasteiger partial charge < -0.3 is 20.1 Å². The molecule has 0 aliphatic carbocycles. The lowest BCUT2D eigenvalue weighted by molar-refractivity contribution is -0.118. The molecule has 0 aliphatic heterocycles. The summed E-state index contributed by atoms with van der Waals surface area (Å²) in [6.45, 7) is 5.89. The zero-order valence-corrected chi connectivity index (χ0v) is 22.4. The molecule has 0 unspecified atom stereocenters. The third-order valence-electron chi connectivity index (χ3n) is 4.97. The van der Waals surface area contributed by atoms with Crippen LogP contribution in [-0.4, -0.2) is 25.0 Å². The monoisotopic (exact) mass is 595 g/mol. The van der Waals surface area contributed by atoms with Gasteiger partial charge in [0.15, 0.2) is 18.1 Å². The lowest BCUT2D eigenvalue weighted by atomic mass is 10.1. The Bertz CT molecular complexity index is 1330. The van der Waals surface area contributed by atoms with Crippen LogP contribution < -0.4 is 20.1 Å². The zero-order valence-electron chi connectivity index (χ0n) is 20.2. The maximum Gasteiger partial charge on any atom is 0.266 e. The Morgan fingerprint density at radius 3 is 2.39 bits per heavy atom. The van der Waals surface area contributed by atoms with E-state index in [1.54, 1.807) is 24.3 Å². The molecule has 3 rings (SSSR count). The second-order valence-corrected chi connectivity index (χ2v) is 9.12. The standard InChI is InChI=1S/C28H26IN3O4/c1-4-35-25-15-20(13-21(16-30)28(34)32-22-10-8-18(2)9-11-22)14-24(29)27(25)36-17-26(33)31-23-7-5-6-19(3)12-23/h5-15H,4,17H2,1-3H3,(H,31,33)(H,32,34)/b21-13+. The van der Waals surface area contributed by atoms with Crippen molar-refractivity contribution in [3.05, 3.63) is 86.5 Å². The Kier molecular flexibility index (Phi) is 9.47. The van der Waals surface area contributed by atoms with Crippen molar-refractivity contribution >= 4 is 51.9 Å². The molecule has 0 aromatic heterocycles. The number of nitrogens with zero attached hydrogens (tertiary/aromatic N) is 1. The first-order valence-electron chi connectivity index (χ1n) is 11.2. The summed E-state index contributed by atoms with van der Waals surface area (Å²) in [6, 6.07) is 20.2. The minimum atomic E-state index is -0.512. The summed E-state index contributed by atoms with van der Waals surface area (Å²) in [7, 11) is 0. The number of carbonyl (C=O) groups is 2. The number of aryl methyl sites for hydroxylation is 2. The molecule has 3 aromatic carbocycles. The van der Waals surface area contributed by atoms with E-state index in [1.165, 1.54) is 6.08 Å². The molecule has 0 heterocycles. The normalized spacial score (nSPS) is 10.8. The number of carbonyl (C=O) groups excluding carboxylic acids is 2. The molecule has 3 aromatic rings. The molecule has 36 heavy (non-hydrogen) atoms. The summed E-state index contributed by atoms with van der Waals surface area (Å²) in [5.74, 6) is 0.0108. The van der Waals surface area contributed by atoms with Crippen molar-refractivity contribution in [2.24, 2.45) is 0 Å². The topological polar surface area (TPSA) is 100 Å². The van der Waals surface area contributed by atoms with Gasteiger partial charge in [-0.2, -0.15) is 5.26 Å². The second kappa shape index (κ2) is 12.7. The number of benzene rings is 3. The number of hydrogen-bond donors (Lipinski definition) is 2. The maximum atomic E-state index is 12.6. The highest BCUT2D eigenvalue weighted by molar-refractivity contribution is 14.1. The van der Waals surface area contributed by atoms with Crippen LogP contribution in [0.3, 0.4) is 0 Å². The summed E-state index contributed by atoms with van der Waals surface area (Å²) in [5, 5.41) is 15.1. The van der Waals surface area contributed by atoms with Crippen LogP contribution >= 0.6 is 22.6 Å². The molecule has 2 N–H and O–H groups in total. The lowest BCUT2D eigenvalue weighted by Crippen LogP contribution is -2.20. The van der Waals surface area contributed by atoms with E-state index in [0.717, 1.165) is 11.1 Å². The smallest absolute Gasteiger partial charge is 0.266 e. The number of amides is 2. The Hall–Kier alpha value is -3.84. The maximum absolute atomic E-state index is 12.6. The van der Waals surface area contributed by atoms with E-state index in [9.17, 15) is 14.9 Å². The van der Waals surface area contributed by atoms with Gasteiger partial charge in [0.2, 0.25) is 0 Å². The first kappa shape index (κ1) is 26.8. The summed E-state index contributed by atoms with van der Waals surface area (Å²) in [4.78, 5) is 25.0. The molecule has 2 amide bonds. The van der Waals surface area contributed by atoms with E-state index in [4.69, 9.17) is 9.47 Å². The highest BCUT2D eigenvalue weighted by Crippen LogP contribution is 2.35. The largest absolute Gasteiger partial charge is 0.490 e. The molecular formula is C28H26IN3O4. The molecule has 0 radical (unpaired) electrons. The minimum absolute atomic E-state index is 0.0555. The molecule has 0 fully saturated rings. The van der Waals surface area contributed by atoms with E-state index in [-0.39, 0.29) is 18.1 Å². The summed E-state index contributed by atoms with van der Waals surface area (Å²) >= 11 is 2.07. The predicted octanol–water partition coefficient (Wildman–Crippen LogP) is 5.87. The molecular weight excluding hydrogens is 569 g/mol. The summed E-state index contributed by atoms with van der Waals surface area (Å²) in [6.07, 6.45) is 1.49. The number of nitriles is 1. The molecule has 0 atom stereocenters. The molecule has 0 saturated carbocycles. The van der Waals surface area contributed by atoms with Crippen molar-refractivity contribution in [3.63, 3.8) is 0 Å². The average Bonchev–Trinajstić information content (AvgIpc) is 2.83. The van der Waals surface area contributed by atoms with Gasteiger partial charge in [-0.1, -0.05) is 29.8 Å². The molecule has 0 spiro atoms. The van der Waals surface area contributed by atoms with Crippen molar-refractivity contribution in [1.82, 2.24) is 0 Å². The minimum Gasteiger partial charge on any atom is -0.490 e. The molecule has 8 heteroatoms. The van der Waals surface area contributed by atoms with Crippen LogP contribution in [0.25, 0.3) is 6.08 Å². The number of halogens is 1. The number of anilines is 2. The van der Waals surface area contributed by atoms with E-state index in [1.807, 2.05) is 63.2 Å². The van der Waals surface area contributed by atoms with Crippen LogP contribution in [-0.2, 0) is 9.59 Å². The van der Waals surface area contributed by atoms with Gasteiger partial charge in [0.1, 0.15) is 11.6 Å². The molecule has 0 saturated heterocycles. The van der Waals surface area contributed by atoms with Gasteiger partial charge in [-0.25, -0.2) is 0 Å². The highest BCUT2D eigenvalue weighted by atomic mass is 127. The predicted molar refractivity (Wildman–Crippen MR) is 149 cm³/mol. The van der Waals surface area contributed by atoms with Gasteiger partial charge in [-0.3, -0.25) is 9.59 Å². The van der Waals surface area contributed by atoms with Gasteiger partial charge in [-0.05, 0) is 97.0 Å². The Labute approximate surface area is 224 Å². The van der Waals surface area contributed by atoms with Gasteiger partial charge in [0.05, 0.1) is 10.2 Å². The third-order valence-corrected chi connectivity index (χ3v) is 5.77. The van der Waals surface area contributed by atoms with Gasteiger partial charge in [0.25, 0.3) is 11.8 Å². The highest BCUT2D eigenvalue weighted by Gasteiger charge is 2.16. The first-order valence-corrected chi connectivity index (χ1v) is 12.3. The number of nitrogens with one attached hydrogen (secondary N) is 2. The second-order valence-electron chi connectivity index (χ2n) is 7.96. The number of rotatable bonds is 9.